The molecule has 1 aliphatic rings. The zero-order chi connectivity index (χ0) is 32.4. The molecule has 0 heterocycles. The van der Waals surface area contributed by atoms with Crippen LogP contribution < -0.4 is 15.2 Å². The first-order chi connectivity index (χ1) is 19.9. The molecule has 3 atom stereocenters. The summed E-state index contributed by atoms with van der Waals surface area (Å²) in [4.78, 5) is 49.2. The fourth-order valence-electron chi connectivity index (χ4n) is 4.39. The molecule has 1 fully saturated rings. The molecule has 0 amide bonds. The Kier molecular flexibility index (Phi) is 13.1. The standard InChI is InChI=1S/C31H47NO11/c1-19(16-38-27(35)41-21-11-9-8-10-12-21)24(25(32)26(33)34)20-13-14-22(42-28(36)39-17-30(2,3)4)23(15-20)43-29(37)40-18-31(5,6)7/h13-15,19,21,24-25H,8-12,16-18,32H2,1-7H3,(H,33,34)/t19?,24?,25-/m0/s1. The lowest BCUT2D eigenvalue weighted by atomic mass is 9.82. The van der Waals surface area contributed by atoms with E-state index in [1.165, 1.54) is 18.2 Å². The Bertz CT molecular complexity index is 1100. The highest BCUT2D eigenvalue weighted by Gasteiger charge is 2.33. The van der Waals surface area contributed by atoms with Crippen molar-refractivity contribution in [1.29, 1.82) is 0 Å². The fraction of sp³-hybridized carbons (Fsp3) is 0.677. The summed E-state index contributed by atoms with van der Waals surface area (Å²) in [6.07, 6.45) is 1.50. The van der Waals surface area contributed by atoms with Crippen LogP contribution in [0.5, 0.6) is 11.5 Å². The average molecular weight is 610 g/mol. The van der Waals surface area contributed by atoms with Crippen molar-refractivity contribution < 1.29 is 52.7 Å². The maximum atomic E-state index is 12.5. The van der Waals surface area contributed by atoms with Crippen LogP contribution in [0.1, 0.15) is 92.1 Å². The third-order valence-electron chi connectivity index (χ3n) is 6.55. The first kappa shape index (κ1) is 35.7. The molecule has 0 spiro atoms. The molecule has 0 aromatic heterocycles. The number of hydrogen-bond donors (Lipinski definition) is 2. The molecule has 43 heavy (non-hydrogen) atoms. The monoisotopic (exact) mass is 609 g/mol. The Labute approximate surface area is 253 Å². The third-order valence-corrected chi connectivity index (χ3v) is 6.55. The Morgan fingerprint density at radius 2 is 1.37 bits per heavy atom. The Hall–Kier alpha value is -3.54. The van der Waals surface area contributed by atoms with Gasteiger partial charge in [0.25, 0.3) is 0 Å². The average Bonchev–Trinajstić information content (AvgIpc) is 2.91. The largest absolute Gasteiger partial charge is 0.513 e. The van der Waals surface area contributed by atoms with Crippen LogP contribution in [0.25, 0.3) is 0 Å². The zero-order valence-corrected chi connectivity index (χ0v) is 26.3. The normalized spacial score (nSPS) is 16.3. The van der Waals surface area contributed by atoms with Crippen molar-refractivity contribution in [3.05, 3.63) is 23.8 Å². The minimum atomic E-state index is -1.42. The molecule has 242 valence electrons. The molecular formula is C31H47NO11. The van der Waals surface area contributed by atoms with Gasteiger partial charge in [-0.05, 0) is 60.1 Å². The molecular weight excluding hydrogens is 562 g/mol. The van der Waals surface area contributed by atoms with Crippen LogP contribution in [-0.2, 0) is 23.7 Å². The van der Waals surface area contributed by atoms with Crippen LogP contribution in [0, 0.1) is 16.7 Å². The number of nitrogens with two attached hydrogens (primary N) is 1. The van der Waals surface area contributed by atoms with Crippen molar-refractivity contribution >= 4 is 24.4 Å². The van der Waals surface area contributed by atoms with Crippen molar-refractivity contribution in [3.63, 3.8) is 0 Å². The van der Waals surface area contributed by atoms with E-state index in [0.717, 1.165) is 32.1 Å². The molecule has 12 nitrogen and oxygen atoms in total. The van der Waals surface area contributed by atoms with Gasteiger partial charge in [-0.2, -0.15) is 0 Å². The van der Waals surface area contributed by atoms with E-state index in [2.05, 4.69) is 0 Å². The van der Waals surface area contributed by atoms with Crippen molar-refractivity contribution in [2.75, 3.05) is 19.8 Å². The summed E-state index contributed by atoms with van der Waals surface area (Å²) in [5, 5.41) is 9.77. The predicted octanol–water partition coefficient (Wildman–Crippen LogP) is 6.43. The molecule has 2 rings (SSSR count). The Balaban J connectivity index is 2.30. The molecule has 0 saturated heterocycles. The van der Waals surface area contributed by atoms with Gasteiger partial charge in [-0.1, -0.05) is 61.0 Å². The zero-order valence-electron chi connectivity index (χ0n) is 26.3. The summed E-state index contributed by atoms with van der Waals surface area (Å²) in [7, 11) is 0. The van der Waals surface area contributed by atoms with Crippen LogP contribution in [-0.4, -0.2) is 61.5 Å². The number of rotatable bonds is 11. The van der Waals surface area contributed by atoms with Gasteiger partial charge in [0, 0.05) is 5.92 Å². The minimum absolute atomic E-state index is 0.0488. The van der Waals surface area contributed by atoms with Gasteiger partial charge < -0.3 is 39.3 Å². The second-order valence-electron chi connectivity index (χ2n) is 13.4. The molecule has 3 N–H and O–H groups in total. The van der Waals surface area contributed by atoms with Crippen molar-refractivity contribution in [3.8, 4) is 11.5 Å². The topological polar surface area (TPSA) is 170 Å². The highest BCUT2D eigenvalue weighted by Crippen LogP contribution is 2.36. The van der Waals surface area contributed by atoms with Gasteiger partial charge in [-0.15, -0.1) is 0 Å². The van der Waals surface area contributed by atoms with E-state index in [4.69, 9.17) is 34.2 Å². The van der Waals surface area contributed by atoms with Gasteiger partial charge in [0.15, 0.2) is 11.5 Å². The van der Waals surface area contributed by atoms with Gasteiger partial charge in [0.1, 0.15) is 12.1 Å². The first-order valence-electron chi connectivity index (χ1n) is 14.6. The fourth-order valence-corrected chi connectivity index (χ4v) is 4.39. The molecule has 1 saturated carbocycles. The number of carboxylic acid groups (broad SMARTS) is 1. The Morgan fingerprint density at radius 3 is 1.88 bits per heavy atom. The molecule has 2 unspecified atom stereocenters. The molecule has 1 aromatic carbocycles. The van der Waals surface area contributed by atoms with E-state index in [1.54, 1.807) is 6.92 Å². The van der Waals surface area contributed by atoms with Crippen LogP contribution in [0.3, 0.4) is 0 Å². The van der Waals surface area contributed by atoms with Crippen LogP contribution in [0.2, 0.25) is 0 Å². The third kappa shape index (κ3) is 13.1. The van der Waals surface area contributed by atoms with Gasteiger partial charge >= 0.3 is 24.4 Å². The number of carboxylic acids is 1. The van der Waals surface area contributed by atoms with Crippen LogP contribution in [0.15, 0.2) is 18.2 Å². The molecule has 0 bridgehead atoms. The van der Waals surface area contributed by atoms with E-state index < -0.39 is 42.3 Å². The van der Waals surface area contributed by atoms with E-state index in [-0.39, 0.29) is 48.3 Å². The highest BCUT2D eigenvalue weighted by atomic mass is 16.7. The van der Waals surface area contributed by atoms with Crippen LogP contribution >= 0.6 is 0 Å². The maximum absolute atomic E-state index is 12.5. The summed E-state index contributed by atoms with van der Waals surface area (Å²) in [6, 6.07) is 2.75. The number of hydrogen-bond acceptors (Lipinski definition) is 11. The lowest BCUT2D eigenvalue weighted by molar-refractivity contribution is -0.139. The van der Waals surface area contributed by atoms with Crippen LogP contribution in [0.4, 0.5) is 14.4 Å². The molecule has 0 radical (unpaired) electrons. The summed E-state index contributed by atoms with van der Waals surface area (Å²) in [5.74, 6) is -3.17. The summed E-state index contributed by atoms with van der Waals surface area (Å²) in [5.41, 5.74) is 5.76. The molecule has 0 aliphatic heterocycles. The van der Waals surface area contributed by atoms with E-state index in [1.807, 2.05) is 41.5 Å². The minimum Gasteiger partial charge on any atom is -0.480 e. The van der Waals surface area contributed by atoms with Gasteiger partial charge in [0.05, 0.1) is 19.8 Å². The molecule has 12 heteroatoms. The second-order valence-corrected chi connectivity index (χ2v) is 13.4. The second kappa shape index (κ2) is 15.8. The predicted molar refractivity (Wildman–Crippen MR) is 156 cm³/mol. The van der Waals surface area contributed by atoms with Gasteiger partial charge in [0.2, 0.25) is 0 Å². The summed E-state index contributed by atoms with van der Waals surface area (Å²) >= 11 is 0. The number of carbonyl (C=O) groups is 4. The summed E-state index contributed by atoms with van der Waals surface area (Å²) < 4.78 is 31.8. The Morgan fingerprint density at radius 1 is 0.837 bits per heavy atom. The molecule has 1 aliphatic carbocycles. The van der Waals surface area contributed by atoms with Crippen molar-refractivity contribution in [1.82, 2.24) is 0 Å². The van der Waals surface area contributed by atoms with Gasteiger partial charge in [-0.25, -0.2) is 14.4 Å². The smallest absolute Gasteiger partial charge is 0.480 e. The number of benzene rings is 1. The van der Waals surface area contributed by atoms with E-state index >= 15 is 0 Å². The van der Waals surface area contributed by atoms with Crippen molar-refractivity contribution in [2.45, 2.75) is 98.6 Å². The maximum Gasteiger partial charge on any atom is 0.513 e. The van der Waals surface area contributed by atoms with E-state index in [9.17, 15) is 24.3 Å². The van der Waals surface area contributed by atoms with Crippen molar-refractivity contribution in [2.24, 2.45) is 22.5 Å². The van der Waals surface area contributed by atoms with Gasteiger partial charge in [-0.3, -0.25) is 4.79 Å². The highest BCUT2D eigenvalue weighted by molar-refractivity contribution is 5.75. The number of aliphatic carboxylic acids is 1. The number of carbonyl (C=O) groups excluding carboxylic acids is 3. The quantitative estimate of drug-likeness (QED) is 0.160. The van der Waals surface area contributed by atoms with E-state index in [0.29, 0.717) is 5.56 Å². The number of ether oxygens (including phenoxy) is 6. The SMILES string of the molecule is CC(COC(=O)OC1CCCCC1)C(c1ccc(OC(=O)OCC(C)(C)C)c(OC(=O)OCC(C)(C)C)c1)[C@H](N)C(=O)O. The lowest BCUT2D eigenvalue weighted by Crippen LogP contribution is -2.40. The first-order valence-corrected chi connectivity index (χ1v) is 14.6. The summed E-state index contributed by atoms with van der Waals surface area (Å²) in [6.45, 7) is 12.8. The lowest BCUT2D eigenvalue weighted by Gasteiger charge is -2.28. The molecule has 1 aromatic rings.